The quantitative estimate of drug-likeness (QED) is 0.395. The number of methoxy groups -OCH3 is 1. The molecule has 3 aliphatic rings. The molecule has 1 atom stereocenters. The second-order valence-electron chi connectivity index (χ2n) is 9.71. The first-order chi connectivity index (χ1) is 16.0. The summed E-state index contributed by atoms with van der Waals surface area (Å²) in [5.41, 5.74) is 0. The van der Waals surface area contributed by atoms with Gasteiger partial charge < -0.3 is 14.7 Å². The Labute approximate surface area is 205 Å². The van der Waals surface area contributed by atoms with Crippen LogP contribution >= 0.6 is 23.1 Å². The van der Waals surface area contributed by atoms with E-state index in [1.54, 1.807) is 6.20 Å². The number of amides is 2. The number of hydrogen-bond acceptors (Lipinski definition) is 6. The second kappa shape index (κ2) is 11.9. The molecule has 3 aliphatic carbocycles. The minimum Gasteiger partial charge on any atom is -0.481 e. The maximum Gasteiger partial charge on any atom is 0.324 e. The fourth-order valence-electron chi connectivity index (χ4n) is 5.67. The summed E-state index contributed by atoms with van der Waals surface area (Å²) in [5.74, 6) is 1.08. The number of aromatic nitrogens is 1. The summed E-state index contributed by atoms with van der Waals surface area (Å²) in [7, 11) is 1.86. The van der Waals surface area contributed by atoms with Gasteiger partial charge in [-0.15, -0.1) is 11.8 Å². The molecule has 184 valence electrons. The van der Waals surface area contributed by atoms with E-state index in [1.807, 2.05) is 7.11 Å². The van der Waals surface area contributed by atoms with Gasteiger partial charge in [0.2, 0.25) is 0 Å². The Hall–Kier alpha value is -1.32. The molecule has 1 unspecified atom stereocenters. The summed E-state index contributed by atoms with van der Waals surface area (Å²) < 4.78 is 6.79. The molecule has 0 radical (unpaired) electrons. The van der Waals surface area contributed by atoms with Crippen molar-refractivity contribution < 1.29 is 19.4 Å². The lowest BCUT2D eigenvalue weighted by Gasteiger charge is -2.43. The molecule has 0 spiro atoms. The lowest BCUT2D eigenvalue weighted by Crippen LogP contribution is -2.51. The van der Waals surface area contributed by atoms with Gasteiger partial charge in [0.15, 0.2) is 5.13 Å². The van der Waals surface area contributed by atoms with Gasteiger partial charge in [-0.05, 0) is 63.2 Å². The van der Waals surface area contributed by atoms with E-state index in [0.29, 0.717) is 28.9 Å². The summed E-state index contributed by atoms with van der Waals surface area (Å²) >= 11 is 2.90. The number of rotatable bonds is 10. The Balaban J connectivity index is 1.37. The number of urea groups is 1. The Morgan fingerprint density at radius 3 is 2.36 bits per heavy atom. The van der Waals surface area contributed by atoms with Crippen LogP contribution in [-0.4, -0.2) is 58.0 Å². The highest BCUT2D eigenvalue weighted by Crippen LogP contribution is 2.43. The zero-order chi connectivity index (χ0) is 23.2. The summed E-state index contributed by atoms with van der Waals surface area (Å²) in [6.07, 6.45) is 15.1. The van der Waals surface area contributed by atoms with Crippen molar-refractivity contribution in [2.45, 2.75) is 99.4 Å². The summed E-state index contributed by atoms with van der Waals surface area (Å²) in [5, 5.41) is 12.5. The van der Waals surface area contributed by atoms with Crippen LogP contribution in [-0.2, 0) is 9.53 Å². The van der Waals surface area contributed by atoms with Gasteiger partial charge in [0.25, 0.3) is 0 Å². The molecule has 1 heterocycles. The van der Waals surface area contributed by atoms with Crippen LogP contribution in [0.2, 0.25) is 0 Å². The molecule has 0 aliphatic heterocycles. The number of carbonyl (C=O) groups is 2. The number of hydrogen-bond donors (Lipinski definition) is 2. The zero-order valence-electron chi connectivity index (χ0n) is 19.5. The fourth-order valence-corrected chi connectivity index (χ4v) is 7.54. The molecule has 3 fully saturated rings. The minimum absolute atomic E-state index is 0.0210. The number of nitrogens with one attached hydrogen (secondary N) is 1. The van der Waals surface area contributed by atoms with Crippen molar-refractivity contribution in [2.24, 2.45) is 11.8 Å². The third-order valence-electron chi connectivity index (χ3n) is 7.42. The summed E-state index contributed by atoms with van der Waals surface area (Å²) in [6, 6.07) is 0.573. The molecule has 1 aromatic rings. The highest BCUT2D eigenvalue weighted by Gasteiger charge is 2.41. The SMILES string of the molecule is COC(C1CC1)C1CCC(N(C(=O)Nc2ncc(SCCC(=O)O)s2)C2CCCCC2)CC1. The van der Waals surface area contributed by atoms with Gasteiger partial charge in [0, 0.05) is 24.9 Å². The number of thiazole rings is 1. The lowest BCUT2D eigenvalue weighted by molar-refractivity contribution is -0.136. The molecule has 0 saturated heterocycles. The van der Waals surface area contributed by atoms with Crippen LogP contribution in [0.5, 0.6) is 0 Å². The Kier molecular flexibility index (Phi) is 8.93. The van der Waals surface area contributed by atoms with Gasteiger partial charge in [0.05, 0.1) is 22.9 Å². The number of ether oxygens (including phenoxy) is 1. The minimum atomic E-state index is -0.799. The Morgan fingerprint density at radius 1 is 1.12 bits per heavy atom. The van der Waals surface area contributed by atoms with Gasteiger partial charge >= 0.3 is 12.0 Å². The Morgan fingerprint density at radius 2 is 1.76 bits per heavy atom. The molecule has 7 nitrogen and oxygen atoms in total. The number of carbonyl (C=O) groups excluding carboxylic acids is 1. The van der Waals surface area contributed by atoms with Crippen LogP contribution in [0.15, 0.2) is 10.4 Å². The number of nitrogens with zero attached hydrogens (tertiary/aromatic N) is 2. The van der Waals surface area contributed by atoms with Gasteiger partial charge in [-0.25, -0.2) is 9.78 Å². The summed E-state index contributed by atoms with van der Waals surface area (Å²) in [6.45, 7) is 0. The number of aliphatic carboxylic acids is 1. The first kappa shape index (κ1) is 24.8. The average Bonchev–Trinajstić information content (AvgIpc) is 3.55. The molecular weight excluding hydrogens is 458 g/mol. The van der Waals surface area contributed by atoms with Crippen molar-refractivity contribution in [3.05, 3.63) is 6.20 Å². The maximum atomic E-state index is 13.5. The third kappa shape index (κ3) is 6.85. The molecule has 2 N–H and O–H groups in total. The van der Waals surface area contributed by atoms with Crippen molar-refractivity contribution in [2.75, 3.05) is 18.2 Å². The van der Waals surface area contributed by atoms with Crippen LogP contribution < -0.4 is 5.32 Å². The van der Waals surface area contributed by atoms with Gasteiger partial charge in [-0.2, -0.15) is 0 Å². The molecule has 0 aromatic carbocycles. The van der Waals surface area contributed by atoms with E-state index in [0.717, 1.165) is 48.7 Å². The number of carboxylic acids is 1. The molecule has 33 heavy (non-hydrogen) atoms. The summed E-state index contributed by atoms with van der Waals surface area (Å²) in [4.78, 5) is 30.8. The van der Waals surface area contributed by atoms with Gasteiger partial charge in [-0.3, -0.25) is 10.1 Å². The monoisotopic (exact) mass is 495 g/mol. The smallest absolute Gasteiger partial charge is 0.324 e. The average molecular weight is 496 g/mol. The maximum absolute atomic E-state index is 13.5. The van der Waals surface area contributed by atoms with Crippen molar-refractivity contribution in [1.29, 1.82) is 0 Å². The first-order valence-electron chi connectivity index (χ1n) is 12.5. The van der Waals surface area contributed by atoms with Crippen molar-refractivity contribution in [1.82, 2.24) is 9.88 Å². The number of anilines is 1. The standard InChI is InChI=1S/C24H37N3O4S2/c1-31-22(16-7-8-16)17-9-11-19(12-10-17)27(18-5-3-2-4-6-18)24(30)26-23-25-15-21(33-23)32-14-13-20(28)29/h15-19,22H,2-14H2,1H3,(H,28,29)(H,25,26,30). The number of thioether (sulfide) groups is 1. The molecular formula is C24H37N3O4S2. The van der Waals surface area contributed by atoms with Crippen LogP contribution in [0.4, 0.5) is 9.93 Å². The highest BCUT2D eigenvalue weighted by atomic mass is 32.2. The number of carboxylic acid groups (broad SMARTS) is 1. The van der Waals surface area contributed by atoms with E-state index in [4.69, 9.17) is 9.84 Å². The lowest BCUT2D eigenvalue weighted by atomic mass is 9.79. The molecule has 1 aromatic heterocycles. The van der Waals surface area contributed by atoms with Gasteiger partial charge in [-0.1, -0.05) is 30.6 Å². The van der Waals surface area contributed by atoms with Crippen LogP contribution in [0.1, 0.15) is 77.0 Å². The van der Waals surface area contributed by atoms with E-state index in [-0.39, 0.29) is 18.5 Å². The van der Waals surface area contributed by atoms with Crippen LogP contribution in [0.25, 0.3) is 0 Å². The van der Waals surface area contributed by atoms with E-state index >= 15 is 0 Å². The molecule has 9 heteroatoms. The highest BCUT2D eigenvalue weighted by molar-refractivity contribution is 8.01. The van der Waals surface area contributed by atoms with Crippen molar-refractivity contribution in [3.8, 4) is 0 Å². The van der Waals surface area contributed by atoms with E-state index in [9.17, 15) is 9.59 Å². The molecule has 3 saturated carbocycles. The molecule has 4 rings (SSSR count). The third-order valence-corrected chi connectivity index (χ3v) is 9.53. The topological polar surface area (TPSA) is 91.8 Å². The first-order valence-corrected chi connectivity index (χ1v) is 14.3. The van der Waals surface area contributed by atoms with Crippen LogP contribution in [0, 0.1) is 11.8 Å². The zero-order valence-corrected chi connectivity index (χ0v) is 21.2. The van der Waals surface area contributed by atoms with E-state index in [1.165, 1.54) is 55.2 Å². The fraction of sp³-hybridized carbons (Fsp3) is 0.792. The van der Waals surface area contributed by atoms with Crippen LogP contribution in [0.3, 0.4) is 0 Å². The predicted octanol–water partition coefficient (Wildman–Crippen LogP) is 5.86. The Bertz CT molecular complexity index is 786. The predicted molar refractivity (Wildman–Crippen MR) is 132 cm³/mol. The van der Waals surface area contributed by atoms with E-state index < -0.39 is 5.97 Å². The normalized spacial score (nSPS) is 24.9. The van der Waals surface area contributed by atoms with E-state index in [2.05, 4.69) is 15.2 Å². The van der Waals surface area contributed by atoms with Crippen molar-refractivity contribution in [3.63, 3.8) is 0 Å². The molecule has 0 bridgehead atoms. The van der Waals surface area contributed by atoms with Crippen molar-refractivity contribution >= 4 is 40.2 Å². The second-order valence-corrected chi connectivity index (χ2v) is 12.1. The molecule has 2 amide bonds. The largest absolute Gasteiger partial charge is 0.481 e. The van der Waals surface area contributed by atoms with Gasteiger partial charge in [0.1, 0.15) is 0 Å².